The van der Waals surface area contributed by atoms with Crippen LogP contribution < -0.4 is 0 Å². The highest BCUT2D eigenvalue weighted by Gasteiger charge is 2.16. The highest BCUT2D eigenvalue weighted by molar-refractivity contribution is 7.11. The number of nitrogens with zero attached hydrogens (tertiary/aromatic N) is 2. The van der Waals surface area contributed by atoms with Crippen molar-refractivity contribution in [3.63, 3.8) is 0 Å². The average molecular weight is 258 g/mol. The summed E-state index contributed by atoms with van der Waals surface area (Å²) in [4.78, 5) is 27.9. The second kappa shape index (κ2) is 5.74. The van der Waals surface area contributed by atoms with Gasteiger partial charge in [-0.2, -0.15) is 0 Å². The largest absolute Gasteiger partial charge is 0.480 e. The van der Waals surface area contributed by atoms with Gasteiger partial charge in [0.15, 0.2) is 0 Å². The van der Waals surface area contributed by atoms with E-state index in [1.807, 2.05) is 13.8 Å². The molecule has 0 aliphatic heterocycles. The average Bonchev–Trinajstić information content (AvgIpc) is 2.42. The van der Waals surface area contributed by atoms with E-state index in [0.717, 1.165) is 15.6 Å². The Balaban J connectivity index is 2.70. The first-order chi connectivity index (χ1) is 7.88. The van der Waals surface area contributed by atoms with E-state index in [9.17, 15) is 9.59 Å². The predicted octanol–water partition coefficient (Wildman–Crippen LogP) is 0.731. The molecular weight excluding hydrogens is 244 g/mol. The lowest BCUT2D eigenvalue weighted by atomic mass is 10.4. The van der Waals surface area contributed by atoms with Crippen molar-refractivity contribution in [1.29, 1.82) is 0 Å². The van der Waals surface area contributed by atoms with Crippen molar-refractivity contribution >= 4 is 23.3 Å². The van der Waals surface area contributed by atoms with Crippen molar-refractivity contribution in [3.8, 4) is 0 Å². The Morgan fingerprint density at radius 1 is 1.24 bits per heavy atom. The van der Waals surface area contributed by atoms with Gasteiger partial charge in [0.2, 0.25) is 0 Å². The van der Waals surface area contributed by atoms with Crippen LogP contribution in [0, 0.1) is 13.8 Å². The Bertz CT molecular complexity index is 394. The van der Waals surface area contributed by atoms with Crippen LogP contribution >= 0.6 is 11.3 Å². The van der Waals surface area contributed by atoms with Crippen LogP contribution in [-0.2, 0) is 16.1 Å². The highest BCUT2D eigenvalue weighted by Crippen LogP contribution is 2.17. The summed E-state index contributed by atoms with van der Waals surface area (Å²) in [5, 5.41) is 18.1. The van der Waals surface area contributed by atoms with Crippen molar-refractivity contribution in [2.24, 2.45) is 0 Å². The van der Waals surface area contributed by atoms with E-state index >= 15 is 0 Å². The number of aromatic nitrogens is 1. The maximum absolute atomic E-state index is 10.6. The monoisotopic (exact) mass is 258 g/mol. The van der Waals surface area contributed by atoms with E-state index in [1.165, 1.54) is 16.2 Å². The van der Waals surface area contributed by atoms with E-state index in [2.05, 4.69) is 4.98 Å². The van der Waals surface area contributed by atoms with Crippen LogP contribution in [0.25, 0.3) is 0 Å². The summed E-state index contributed by atoms with van der Waals surface area (Å²) in [5.41, 5.74) is 0.899. The Morgan fingerprint density at radius 2 is 1.76 bits per heavy atom. The minimum absolute atomic E-state index is 0.248. The second-order valence-corrected chi connectivity index (χ2v) is 4.97. The molecule has 0 bridgehead atoms. The molecule has 94 valence electrons. The van der Waals surface area contributed by atoms with Gasteiger partial charge >= 0.3 is 11.9 Å². The molecule has 6 nitrogen and oxygen atoms in total. The number of aryl methyl sites for hydroxylation is 2. The van der Waals surface area contributed by atoms with Gasteiger partial charge in [0.25, 0.3) is 0 Å². The molecule has 0 radical (unpaired) electrons. The normalized spacial score (nSPS) is 10.8. The lowest BCUT2D eigenvalue weighted by molar-refractivity contribution is -0.142. The molecule has 0 saturated carbocycles. The molecule has 0 unspecified atom stereocenters. The van der Waals surface area contributed by atoms with Gasteiger partial charge in [0.1, 0.15) is 5.01 Å². The molecule has 0 amide bonds. The summed E-state index contributed by atoms with van der Waals surface area (Å²) in [6, 6.07) is 0. The van der Waals surface area contributed by atoms with Crippen LogP contribution in [-0.4, -0.2) is 45.1 Å². The van der Waals surface area contributed by atoms with Gasteiger partial charge in [0.05, 0.1) is 25.3 Å². The lowest BCUT2D eigenvalue weighted by Gasteiger charge is -2.15. The van der Waals surface area contributed by atoms with Crippen molar-refractivity contribution < 1.29 is 19.8 Å². The number of hydrogen-bond acceptors (Lipinski definition) is 5. The second-order valence-electron chi connectivity index (χ2n) is 3.68. The quantitative estimate of drug-likeness (QED) is 0.781. The molecule has 1 rings (SSSR count). The highest BCUT2D eigenvalue weighted by atomic mass is 32.1. The predicted molar refractivity (Wildman–Crippen MR) is 62.1 cm³/mol. The summed E-state index contributed by atoms with van der Waals surface area (Å²) < 4.78 is 0. The van der Waals surface area contributed by atoms with Gasteiger partial charge in [-0.15, -0.1) is 11.3 Å². The fraction of sp³-hybridized carbons (Fsp3) is 0.500. The summed E-state index contributed by atoms with van der Waals surface area (Å²) in [5.74, 6) is -2.09. The van der Waals surface area contributed by atoms with Crippen LogP contribution in [0.2, 0.25) is 0 Å². The number of aliphatic carboxylic acids is 2. The first kappa shape index (κ1) is 13.6. The van der Waals surface area contributed by atoms with Crippen molar-refractivity contribution in [2.75, 3.05) is 13.1 Å². The number of carboxylic acids is 2. The molecule has 0 spiro atoms. The molecule has 7 heteroatoms. The minimum atomic E-state index is -1.05. The van der Waals surface area contributed by atoms with E-state index < -0.39 is 11.9 Å². The fourth-order valence-electron chi connectivity index (χ4n) is 1.35. The molecule has 1 aromatic rings. The van der Waals surface area contributed by atoms with Crippen LogP contribution in [0.5, 0.6) is 0 Å². The molecule has 1 heterocycles. The lowest BCUT2D eigenvalue weighted by Crippen LogP contribution is -2.33. The van der Waals surface area contributed by atoms with Gasteiger partial charge in [-0.1, -0.05) is 0 Å². The zero-order valence-electron chi connectivity index (χ0n) is 9.63. The topological polar surface area (TPSA) is 90.7 Å². The van der Waals surface area contributed by atoms with Crippen molar-refractivity contribution in [2.45, 2.75) is 20.4 Å². The molecule has 0 saturated heterocycles. The molecule has 2 N–H and O–H groups in total. The zero-order chi connectivity index (χ0) is 13.0. The third kappa shape index (κ3) is 4.49. The Morgan fingerprint density at radius 3 is 2.12 bits per heavy atom. The van der Waals surface area contributed by atoms with Crippen molar-refractivity contribution in [1.82, 2.24) is 9.88 Å². The standard InChI is InChI=1S/C10H14N2O4S/c1-6-7(2)17-8(11-6)3-12(4-9(13)14)5-10(15)16/h3-5H2,1-2H3,(H,13,14)(H,15,16). The van der Waals surface area contributed by atoms with Crippen LogP contribution in [0.3, 0.4) is 0 Å². The number of hydrogen-bond donors (Lipinski definition) is 2. The summed E-state index contributed by atoms with van der Waals surface area (Å²) in [7, 11) is 0. The van der Waals surface area contributed by atoms with Gasteiger partial charge in [-0.3, -0.25) is 14.5 Å². The van der Waals surface area contributed by atoms with E-state index in [1.54, 1.807) is 0 Å². The van der Waals surface area contributed by atoms with Gasteiger partial charge in [-0.05, 0) is 13.8 Å². The number of carboxylic acid groups (broad SMARTS) is 2. The first-order valence-electron chi connectivity index (χ1n) is 4.97. The van der Waals surface area contributed by atoms with Gasteiger partial charge in [0, 0.05) is 4.88 Å². The molecular formula is C10H14N2O4S. The number of thiazole rings is 1. The first-order valence-corrected chi connectivity index (χ1v) is 5.79. The molecule has 0 aliphatic carbocycles. The molecule has 0 fully saturated rings. The molecule has 0 atom stereocenters. The Hall–Kier alpha value is -1.47. The van der Waals surface area contributed by atoms with Gasteiger partial charge < -0.3 is 10.2 Å². The third-order valence-corrected chi connectivity index (χ3v) is 3.21. The molecule has 17 heavy (non-hydrogen) atoms. The summed E-state index contributed by atoms with van der Waals surface area (Å²) in [6.45, 7) is 3.44. The fourth-order valence-corrected chi connectivity index (χ4v) is 2.32. The van der Waals surface area contributed by atoms with Gasteiger partial charge in [-0.25, -0.2) is 4.98 Å². The molecule has 0 aromatic carbocycles. The summed E-state index contributed by atoms with van der Waals surface area (Å²) in [6.07, 6.45) is 0. The Kier molecular flexibility index (Phi) is 4.59. The maximum atomic E-state index is 10.6. The van der Waals surface area contributed by atoms with Crippen LogP contribution in [0.4, 0.5) is 0 Å². The Labute approximate surface area is 103 Å². The summed E-state index contributed by atoms with van der Waals surface area (Å²) >= 11 is 1.46. The molecule has 0 aliphatic rings. The van der Waals surface area contributed by atoms with E-state index in [4.69, 9.17) is 10.2 Å². The SMILES string of the molecule is Cc1nc(CN(CC(=O)O)CC(=O)O)sc1C. The third-order valence-electron chi connectivity index (χ3n) is 2.15. The number of carbonyl (C=O) groups is 2. The zero-order valence-corrected chi connectivity index (χ0v) is 10.5. The minimum Gasteiger partial charge on any atom is -0.480 e. The molecule has 1 aromatic heterocycles. The van der Waals surface area contributed by atoms with Crippen LogP contribution in [0.1, 0.15) is 15.6 Å². The van der Waals surface area contributed by atoms with Crippen molar-refractivity contribution in [3.05, 3.63) is 15.6 Å². The number of rotatable bonds is 6. The maximum Gasteiger partial charge on any atom is 0.317 e. The van der Waals surface area contributed by atoms with E-state index in [-0.39, 0.29) is 19.6 Å². The van der Waals surface area contributed by atoms with E-state index in [0.29, 0.717) is 0 Å². The van der Waals surface area contributed by atoms with Crippen LogP contribution in [0.15, 0.2) is 0 Å². The smallest absolute Gasteiger partial charge is 0.317 e.